The molecule has 2 aromatic carbocycles. The Morgan fingerprint density at radius 2 is 1.85 bits per heavy atom. The lowest BCUT2D eigenvalue weighted by molar-refractivity contribution is 0.284. The van der Waals surface area contributed by atoms with Gasteiger partial charge in [0.15, 0.2) is 16.6 Å². The van der Waals surface area contributed by atoms with E-state index in [1.54, 1.807) is 13.3 Å². The number of hydrazone groups is 1. The van der Waals surface area contributed by atoms with Gasteiger partial charge >= 0.3 is 0 Å². The lowest BCUT2D eigenvalue weighted by Crippen LogP contribution is -2.44. The summed E-state index contributed by atoms with van der Waals surface area (Å²) in [4.78, 5) is 0. The van der Waals surface area contributed by atoms with Crippen molar-refractivity contribution in [2.24, 2.45) is 5.10 Å². The van der Waals surface area contributed by atoms with Crippen LogP contribution in [-0.4, -0.2) is 24.0 Å². The van der Waals surface area contributed by atoms with E-state index in [0.717, 1.165) is 11.1 Å². The molecule has 26 heavy (non-hydrogen) atoms. The fourth-order valence-corrected chi connectivity index (χ4v) is 2.51. The van der Waals surface area contributed by atoms with Crippen LogP contribution in [0, 0.1) is 0 Å². The molecule has 0 heterocycles. The molecule has 0 unspecified atom stereocenters. The Morgan fingerprint density at radius 1 is 1.12 bits per heavy atom. The van der Waals surface area contributed by atoms with Gasteiger partial charge in [0.1, 0.15) is 6.61 Å². The van der Waals surface area contributed by atoms with Crippen LogP contribution in [0.3, 0.4) is 0 Å². The first-order chi connectivity index (χ1) is 12.4. The quantitative estimate of drug-likeness (QED) is 0.459. The summed E-state index contributed by atoms with van der Waals surface area (Å²) in [5.41, 5.74) is 4.67. The number of methoxy groups -OCH3 is 1. The first kappa shape index (κ1) is 19.7. The zero-order chi connectivity index (χ0) is 19.0. The van der Waals surface area contributed by atoms with Gasteiger partial charge in [-0.1, -0.05) is 30.3 Å². The van der Waals surface area contributed by atoms with Gasteiger partial charge in [-0.2, -0.15) is 5.10 Å². The highest BCUT2D eigenvalue weighted by Gasteiger charge is 2.10. The summed E-state index contributed by atoms with van der Waals surface area (Å²) in [5.74, 6) is 1.34. The van der Waals surface area contributed by atoms with E-state index in [-0.39, 0.29) is 5.54 Å². The summed E-state index contributed by atoms with van der Waals surface area (Å²) in [5, 5.41) is 7.76. The van der Waals surface area contributed by atoms with Gasteiger partial charge in [0.25, 0.3) is 0 Å². The molecule has 5 nitrogen and oxygen atoms in total. The SMILES string of the molecule is COc1cc(/C=N/NC(=S)NC(C)(C)C)ccc1OCc1ccccc1. The summed E-state index contributed by atoms with van der Waals surface area (Å²) in [6, 6.07) is 15.6. The van der Waals surface area contributed by atoms with Gasteiger partial charge in [0.05, 0.1) is 13.3 Å². The van der Waals surface area contributed by atoms with E-state index >= 15 is 0 Å². The molecule has 0 aromatic heterocycles. The number of benzene rings is 2. The van der Waals surface area contributed by atoms with Crippen LogP contribution >= 0.6 is 12.2 Å². The van der Waals surface area contributed by atoms with Crippen molar-refractivity contribution in [1.82, 2.24) is 10.7 Å². The maximum atomic E-state index is 5.85. The summed E-state index contributed by atoms with van der Waals surface area (Å²) >= 11 is 5.19. The molecular weight excluding hydrogens is 346 g/mol. The molecule has 0 saturated carbocycles. The minimum atomic E-state index is -0.111. The molecule has 0 radical (unpaired) electrons. The first-order valence-electron chi connectivity index (χ1n) is 8.33. The molecule has 0 atom stereocenters. The Labute approximate surface area is 160 Å². The number of rotatable bonds is 6. The standard InChI is InChI=1S/C20H25N3O2S/c1-20(2,3)22-19(26)23-21-13-16-10-11-17(18(12-16)24-4)25-14-15-8-6-5-7-9-15/h5-13H,14H2,1-4H3,(H2,22,23,26)/b21-13+. The fourth-order valence-electron chi connectivity index (χ4n) is 2.15. The Morgan fingerprint density at radius 3 is 2.50 bits per heavy atom. The van der Waals surface area contributed by atoms with Crippen molar-refractivity contribution in [1.29, 1.82) is 0 Å². The molecule has 2 aromatic rings. The summed E-state index contributed by atoms with van der Waals surface area (Å²) in [6.45, 7) is 6.58. The van der Waals surface area contributed by atoms with Crippen molar-refractivity contribution < 1.29 is 9.47 Å². The van der Waals surface area contributed by atoms with E-state index in [1.807, 2.05) is 69.3 Å². The van der Waals surface area contributed by atoms with E-state index in [2.05, 4.69) is 15.8 Å². The number of nitrogens with one attached hydrogen (secondary N) is 2. The zero-order valence-corrected chi connectivity index (χ0v) is 16.4. The third-order valence-electron chi connectivity index (χ3n) is 3.29. The van der Waals surface area contributed by atoms with Gasteiger partial charge in [-0.15, -0.1) is 0 Å². The fraction of sp³-hybridized carbons (Fsp3) is 0.300. The van der Waals surface area contributed by atoms with Gasteiger partial charge in [-0.25, -0.2) is 0 Å². The van der Waals surface area contributed by atoms with E-state index in [1.165, 1.54) is 0 Å². The van der Waals surface area contributed by atoms with Crippen molar-refractivity contribution in [3.63, 3.8) is 0 Å². The van der Waals surface area contributed by atoms with Crippen molar-refractivity contribution in [2.75, 3.05) is 7.11 Å². The molecule has 0 saturated heterocycles. The van der Waals surface area contributed by atoms with E-state index < -0.39 is 0 Å². The highest BCUT2D eigenvalue weighted by Crippen LogP contribution is 2.28. The highest BCUT2D eigenvalue weighted by atomic mass is 32.1. The second kappa shape index (κ2) is 9.20. The van der Waals surface area contributed by atoms with E-state index in [4.69, 9.17) is 21.7 Å². The molecule has 0 amide bonds. The average Bonchev–Trinajstić information content (AvgIpc) is 2.59. The molecule has 0 spiro atoms. The van der Waals surface area contributed by atoms with E-state index in [0.29, 0.717) is 23.2 Å². The number of thiocarbonyl (C=S) groups is 1. The predicted octanol–water partition coefficient (Wildman–Crippen LogP) is 3.87. The lowest BCUT2D eigenvalue weighted by Gasteiger charge is -2.21. The molecule has 138 valence electrons. The molecule has 6 heteroatoms. The Hall–Kier alpha value is -2.60. The molecule has 0 bridgehead atoms. The average molecular weight is 372 g/mol. The molecule has 0 fully saturated rings. The summed E-state index contributed by atoms with van der Waals surface area (Å²) in [6.07, 6.45) is 1.68. The smallest absolute Gasteiger partial charge is 0.187 e. The molecule has 0 aliphatic heterocycles. The van der Waals surface area contributed by atoms with Crippen LogP contribution in [0.4, 0.5) is 0 Å². The van der Waals surface area contributed by atoms with Gasteiger partial charge in [0.2, 0.25) is 0 Å². The van der Waals surface area contributed by atoms with Crippen LogP contribution in [0.25, 0.3) is 0 Å². The molecule has 0 aliphatic rings. The maximum absolute atomic E-state index is 5.85. The number of nitrogens with zero attached hydrogens (tertiary/aromatic N) is 1. The van der Waals surface area contributed by atoms with Gasteiger partial charge in [-0.05, 0) is 62.3 Å². The monoisotopic (exact) mass is 371 g/mol. The minimum absolute atomic E-state index is 0.111. The molecule has 2 N–H and O–H groups in total. The highest BCUT2D eigenvalue weighted by molar-refractivity contribution is 7.80. The lowest BCUT2D eigenvalue weighted by atomic mass is 10.1. The topological polar surface area (TPSA) is 54.9 Å². The molecule has 0 aliphatic carbocycles. The van der Waals surface area contributed by atoms with Crippen LogP contribution in [0.1, 0.15) is 31.9 Å². The Bertz CT molecular complexity index is 755. The van der Waals surface area contributed by atoms with Gasteiger partial charge < -0.3 is 14.8 Å². The Kier molecular flexibility index (Phi) is 6.97. The predicted molar refractivity (Wildman–Crippen MR) is 110 cm³/mol. The zero-order valence-electron chi connectivity index (χ0n) is 15.6. The number of ether oxygens (including phenoxy) is 2. The van der Waals surface area contributed by atoms with Crippen molar-refractivity contribution in [3.05, 3.63) is 59.7 Å². The normalized spacial score (nSPS) is 11.2. The van der Waals surface area contributed by atoms with Gasteiger partial charge in [-0.3, -0.25) is 5.43 Å². The van der Waals surface area contributed by atoms with Crippen LogP contribution in [-0.2, 0) is 6.61 Å². The van der Waals surface area contributed by atoms with Crippen LogP contribution < -0.4 is 20.2 Å². The second-order valence-corrected chi connectivity index (χ2v) is 7.17. The maximum Gasteiger partial charge on any atom is 0.187 e. The van der Waals surface area contributed by atoms with Crippen molar-refractivity contribution in [3.8, 4) is 11.5 Å². The van der Waals surface area contributed by atoms with Crippen LogP contribution in [0.5, 0.6) is 11.5 Å². The molecule has 2 rings (SSSR count). The van der Waals surface area contributed by atoms with Crippen LogP contribution in [0.2, 0.25) is 0 Å². The van der Waals surface area contributed by atoms with E-state index in [9.17, 15) is 0 Å². The summed E-state index contributed by atoms with van der Waals surface area (Å²) < 4.78 is 11.3. The van der Waals surface area contributed by atoms with Crippen molar-refractivity contribution >= 4 is 23.5 Å². The molecular formula is C20H25N3O2S. The summed E-state index contributed by atoms with van der Waals surface area (Å²) in [7, 11) is 1.62. The number of hydrogen-bond acceptors (Lipinski definition) is 4. The third-order valence-corrected chi connectivity index (χ3v) is 3.49. The third kappa shape index (κ3) is 6.72. The minimum Gasteiger partial charge on any atom is -0.493 e. The second-order valence-electron chi connectivity index (χ2n) is 6.76. The van der Waals surface area contributed by atoms with Gasteiger partial charge in [0, 0.05) is 5.54 Å². The number of hydrogen-bond donors (Lipinski definition) is 2. The largest absolute Gasteiger partial charge is 0.493 e. The van der Waals surface area contributed by atoms with Crippen molar-refractivity contribution in [2.45, 2.75) is 32.9 Å². The first-order valence-corrected chi connectivity index (χ1v) is 8.74. The van der Waals surface area contributed by atoms with Crippen LogP contribution in [0.15, 0.2) is 53.6 Å². The Balaban J connectivity index is 1.97.